The third-order valence-electron chi connectivity index (χ3n) is 3.82. The van der Waals surface area contributed by atoms with E-state index < -0.39 is 0 Å². The normalized spacial score (nSPS) is 14.2. The van der Waals surface area contributed by atoms with Gasteiger partial charge in [0, 0.05) is 30.5 Å². The SMILES string of the molecule is CCC(C)(CCO)NCc1cnn(-c2ccccc2)c1. The summed E-state index contributed by atoms with van der Waals surface area (Å²) in [5.74, 6) is 0. The quantitative estimate of drug-likeness (QED) is 0.815. The van der Waals surface area contributed by atoms with Gasteiger partial charge in [-0.2, -0.15) is 5.10 Å². The zero-order chi connectivity index (χ0) is 14.4. The lowest BCUT2D eigenvalue weighted by Gasteiger charge is -2.28. The molecule has 0 saturated heterocycles. The van der Waals surface area contributed by atoms with Crippen molar-refractivity contribution in [1.29, 1.82) is 0 Å². The maximum atomic E-state index is 9.13. The molecule has 20 heavy (non-hydrogen) atoms. The molecular formula is C16H23N3O. The monoisotopic (exact) mass is 273 g/mol. The molecule has 4 nitrogen and oxygen atoms in total. The number of nitrogens with one attached hydrogen (secondary N) is 1. The summed E-state index contributed by atoms with van der Waals surface area (Å²) in [4.78, 5) is 0. The second kappa shape index (κ2) is 6.68. The molecule has 1 aromatic carbocycles. The Balaban J connectivity index is 2.00. The van der Waals surface area contributed by atoms with Crippen LogP contribution in [0.3, 0.4) is 0 Å². The van der Waals surface area contributed by atoms with Gasteiger partial charge < -0.3 is 10.4 Å². The average molecular weight is 273 g/mol. The topological polar surface area (TPSA) is 50.1 Å². The number of aliphatic hydroxyl groups excluding tert-OH is 1. The van der Waals surface area contributed by atoms with Gasteiger partial charge in [-0.25, -0.2) is 4.68 Å². The summed E-state index contributed by atoms with van der Waals surface area (Å²) in [6.07, 6.45) is 5.67. The minimum Gasteiger partial charge on any atom is -0.396 e. The van der Waals surface area contributed by atoms with Crippen molar-refractivity contribution in [1.82, 2.24) is 15.1 Å². The van der Waals surface area contributed by atoms with Crippen molar-refractivity contribution in [2.45, 2.75) is 38.8 Å². The van der Waals surface area contributed by atoms with Crippen LogP contribution in [0.4, 0.5) is 0 Å². The van der Waals surface area contributed by atoms with E-state index in [0.29, 0.717) is 0 Å². The smallest absolute Gasteiger partial charge is 0.0645 e. The average Bonchev–Trinajstić information content (AvgIpc) is 2.95. The van der Waals surface area contributed by atoms with Crippen LogP contribution >= 0.6 is 0 Å². The number of aliphatic hydroxyl groups is 1. The van der Waals surface area contributed by atoms with E-state index in [2.05, 4.69) is 24.3 Å². The first-order valence-electron chi connectivity index (χ1n) is 7.12. The van der Waals surface area contributed by atoms with Crippen LogP contribution < -0.4 is 5.32 Å². The van der Waals surface area contributed by atoms with Crippen molar-refractivity contribution in [2.75, 3.05) is 6.61 Å². The van der Waals surface area contributed by atoms with Gasteiger partial charge in [-0.3, -0.25) is 0 Å². The lowest BCUT2D eigenvalue weighted by molar-refractivity contribution is 0.214. The van der Waals surface area contributed by atoms with E-state index in [9.17, 15) is 0 Å². The number of rotatable bonds is 7. The van der Waals surface area contributed by atoms with E-state index in [1.807, 2.05) is 47.4 Å². The molecule has 0 aliphatic rings. The summed E-state index contributed by atoms with van der Waals surface area (Å²) >= 11 is 0. The van der Waals surface area contributed by atoms with E-state index in [4.69, 9.17) is 5.11 Å². The van der Waals surface area contributed by atoms with Crippen molar-refractivity contribution in [2.24, 2.45) is 0 Å². The van der Waals surface area contributed by atoms with Crippen LogP contribution in [0.1, 0.15) is 32.3 Å². The summed E-state index contributed by atoms with van der Waals surface area (Å²) < 4.78 is 1.88. The number of nitrogens with zero attached hydrogens (tertiary/aromatic N) is 2. The molecule has 1 aromatic heterocycles. The molecular weight excluding hydrogens is 250 g/mol. The van der Waals surface area contributed by atoms with Gasteiger partial charge >= 0.3 is 0 Å². The first-order chi connectivity index (χ1) is 9.67. The van der Waals surface area contributed by atoms with Crippen molar-refractivity contribution in [3.05, 3.63) is 48.3 Å². The van der Waals surface area contributed by atoms with Gasteiger partial charge in [0.15, 0.2) is 0 Å². The Hall–Kier alpha value is -1.65. The number of hydrogen-bond acceptors (Lipinski definition) is 3. The van der Waals surface area contributed by atoms with Crippen LogP contribution in [0.25, 0.3) is 5.69 Å². The van der Waals surface area contributed by atoms with Gasteiger partial charge in [-0.1, -0.05) is 25.1 Å². The molecule has 108 valence electrons. The molecule has 0 aliphatic heterocycles. The Bertz CT molecular complexity index is 524. The molecule has 1 heterocycles. The molecule has 0 spiro atoms. The van der Waals surface area contributed by atoms with Crippen molar-refractivity contribution < 1.29 is 5.11 Å². The molecule has 1 atom stereocenters. The Morgan fingerprint density at radius 1 is 1.30 bits per heavy atom. The van der Waals surface area contributed by atoms with E-state index in [-0.39, 0.29) is 12.1 Å². The maximum absolute atomic E-state index is 9.13. The molecule has 0 amide bonds. The molecule has 0 saturated carbocycles. The van der Waals surface area contributed by atoms with Gasteiger partial charge in [0.05, 0.1) is 11.9 Å². The Morgan fingerprint density at radius 2 is 2.05 bits per heavy atom. The predicted molar refractivity (Wildman–Crippen MR) is 80.8 cm³/mol. The highest BCUT2D eigenvalue weighted by molar-refractivity contribution is 5.30. The number of aromatic nitrogens is 2. The Morgan fingerprint density at radius 3 is 2.70 bits per heavy atom. The van der Waals surface area contributed by atoms with Crippen LogP contribution in [0.2, 0.25) is 0 Å². The van der Waals surface area contributed by atoms with Crippen molar-refractivity contribution in [3.8, 4) is 5.69 Å². The first kappa shape index (κ1) is 14.8. The molecule has 2 N–H and O–H groups in total. The molecule has 2 aromatic rings. The summed E-state index contributed by atoms with van der Waals surface area (Å²) in [5.41, 5.74) is 2.18. The fraction of sp³-hybridized carbons (Fsp3) is 0.438. The largest absolute Gasteiger partial charge is 0.396 e. The van der Waals surface area contributed by atoms with Crippen molar-refractivity contribution in [3.63, 3.8) is 0 Å². The Kier molecular flexibility index (Phi) is 4.93. The van der Waals surface area contributed by atoms with Gasteiger partial charge in [-0.05, 0) is 31.9 Å². The van der Waals surface area contributed by atoms with Gasteiger partial charge in [0.1, 0.15) is 0 Å². The van der Waals surface area contributed by atoms with E-state index >= 15 is 0 Å². The summed E-state index contributed by atoms with van der Waals surface area (Å²) in [6.45, 7) is 5.25. The second-order valence-electron chi connectivity index (χ2n) is 5.37. The molecule has 0 bridgehead atoms. The zero-order valence-corrected chi connectivity index (χ0v) is 12.2. The number of benzene rings is 1. The van der Waals surface area contributed by atoms with Crippen LogP contribution in [-0.4, -0.2) is 27.0 Å². The fourth-order valence-corrected chi connectivity index (χ4v) is 2.13. The minimum atomic E-state index is -0.0242. The molecule has 1 unspecified atom stereocenters. The second-order valence-corrected chi connectivity index (χ2v) is 5.37. The third-order valence-corrected chi connectivity index (χ3v) is 3.82. The highest BCUT2D eigenvalue weighted by atomic mass is 16.3. The van der Waals surface area contributed by atoms with E-state index in [1.165, 1.54) is 0 Å². The van der Waals surface area contributed by atoms with Gasteiger partial charge in [0.2, 0.25) is 0 Å². The van der Waals surface area contributed by atoms with Crippen LogP contribution in [0, 0.1) is 0 Å². The minimum absolute atomic E-state index is 0.0242. The molecule has 4 heteroatoms. The standard InChI is InChI=1S/C16H23N3O/c1-3-16(2,9-10-20)17-11-14-12-18-19(13-14)15-7-5-4-6-8-15/h4-8,12-13,17,20H,3,9-11H2,1-2H3. The van der Waals surface area contributed by atoms with E-state index in [0.717, 1.165) is 30.6 Å². The molecule has 0 aliphatic carbocycles. The number of hydrogen-bond donors (Lipinski definition) is 2. The summed E-state index contributed by atoms with van der Waals surface area (Å²) in [7, 11) is 0. The fourth-order valence-electron chi connectivity index (χ4n) is 2.13. The van der Waals surface area contributed by atoms with Gasteiger partial charge in [-0.15, -0.1) is 0 Å². The summed E-state index contributed by atoms with van der Waals surface area (Å²) in [6, 6.07) is 10.1. The summed E-state index contributed by atoms with van der Waals surface area (Å²) in [5, 5.41) is 17.0. The van der Waals surface area contributed by atoms with Crippen LogP contribution in [0.5, 0.6) is 0 Å². The van der Waals surface area contributed by atoms with Gasteiger partial charge in [0.25, 0.3) is 0 Å². The van der Waals surface area contributed by atoms with Crippen LogP contribution in [-0.2, 0) is 6.54 Å². The molecule has 0 fully saturated rings. The highest BCUT2D eigenvalue weighted by Gasteiger charge is 2.20. The van der Waals surface area contributed by atoms with E-state index in [1.54, 1.807) is 0 Å². The Labute approximate surface area is 120 Å². The predicted octanol–water partition coefficient (Wildman–Crippen LogP) is 2.51. The first-order valence-corrected chi connectivity index (χ1v) is 7.12. The molecule has 0 radical (unpaired) electrons. The number of para-hydroxylation sites is 1. The lowest BCUT2D eigenvalue weighted by atomic mass is 9.95. The maximum Gasteiger partial charge on any atom is 0.0645 e. The third kappa shape index (κ3) is 3.68. The van der Waals surface area contributed by atoms with Crippen LogP contribution in [0.15, 0.2) is 42.7 Å². The lowest BCUT2D eigenvalue weighted by Crippen LogP contribution is -2.41. The highest BCUT2D eigenvalue weighted by Crippen LogP contribution is 2.15. The zero-order valence-electron chi connectivity index (χ0n) is 12.2. The van der Waals surface area contributed by atoms with Crippen molar-refractivity contribution >= 4 is 0 Å². The molecule has 2 rings (SSSR count).